The van der Waals surface area contributed by atoms with E-state index in [1.807, 2.05) is 6.08 Å². The first-order chi connectivity index (χ1) is 5.33. The number of hydrogen-bond donors (Lipinski definition) is 0. The zero-order chi connectivity index (χ0) is 7.73. The zero-order valence-corrected chi connectivity index (χ0v) is 6.81. The molecule has 2 aliphatic rings. The summed E-state index contributed by atoms with van der Waals surface area (Å²) in [5, 5.41) is 0. The van der Waals surface area contributed by atoms with Gasteiger partial charge in [0.2, 0.25) is 0 Å². The first-order valence-corrected chi connectivity index (χ1v) is 4.55. The van der Waals surface area contributed by atoms with E-state index in [2.05, 4.69) is 0 Å². The summed E-state index contributed by atoms with van der Waals surface area (Å²) in [7, 11) is 0. The minimum absolute atomic E-state index is 0.106. The fourth-order valence-corrected chi connectivity index (χ4v) is 2.40. The molecule has 0 aromatic heterocycles. The van der Waals surface area contributed by atoms with E-state index < -0.39 is 0 Å². The first kappa shape index (κ1) is 7.08. The molecule has 1 fully saturated rings. The van der Waals surface area contributed by atoms with E-state index in [0.717, 1.165) is 25.7 Å². The second kappa shape index (κ2) is 2.47. The summed E-state index contributed by atoms with van der Waals surface area (Å²) in [6.07, 6.45) is 10.9. The summed E-state index contributed by atoms with van der Waals surface area (Å²) in [4.78, 5) is 11.5. The van der Waals surface area contributed by atoms with E-state index >= 15 is 0 Å². The lowest BCUT2D eigenvalue weighted by Gasteiger charge is -2.27. The highest BCUT2D eigenvalue weighted by atomic mass is 16.1. The quantitative estimate of drug-likeness (QED) is 0.518. The van der Waals surface area contributed by atoms with Crippen molar-refractivity contribution >= 4 is 5.78 Å². The van der Waals surface area contributed by atoms with Crippen LogP contribution in [0.5, 0.6) is 0 Å². The van der Waals surface area contributed by atoms with Crippen molar-refractivity contribution in [3.8, 4) is 0 Å². The predicted molar refractivity (Wildman–Crippen MR) is 44.3 cm³/mol. The minimum atomic E-state index is 0.106. The van der Waals surface area contributed by atoms with Gasteiger partial charge >= 0.3 is 0 Å². The lowest BCUT2D eigenvalue weighted by molar-refractivity contribution is -0.124. The van der Waals surface area contributed by atoms with Gasteiger partial charge in [-0.2, -0.15) is 0 Å². The van der Waals surface area contributed by atoms with Gasteiger partial charge in [0.05, 0.1) is 0 Å². The van der Waals surface area contributed by atoms with Crippen molar-refractivity contribution in [3.63, 3.8) is 0 Å². The Morgan fingerprint density at radius 1 is 1.18 bits per heavy atom. The van der Waals surface area contributed by atoms with Crippen molar-refractivity contribution < 1.29 is 4.79 Å². The molecule has 0 aromatic carbocycles. The third-order valence-corrected chi connectivity index (χ3v) is 3.14. The molecule has 60 valence electrons. The molecule has 0 radical (unpaired) electrons. The third-order valence-electron chi connectivity index (χ3n) is 3.14. The van der Waals surface area contributed by atoms with Gasteiger partial charge in [-0.1, -0.05) is 18.9 Å². The van der Waals surface area contributed by atoms with Crippen LogP contribution in [0.4, 0.5) is 0 Å². The molecule has 2 rings (SSSR count). The number of rotatable bonds is 0. The van der Waals surface area contributed by atoms with Crippen LogP contribution in [-0.2, 0) is 4.79 Å². The molecule has 1 saturated carbocycles. The van der Waals surface area contributed by atoms with Crippen LogP contribution in [0.1, 0.15) is 38.5 Å². The summed E-state index contributed by atoms with van der Waals surface area (Å²) in [6, 6.07) is 0. The van der Waals surface area contributed by atoms with Crippen LogP contribution in [-0.4, -0.2) is 5.78 Å². The highest BCUT2D eigenvalue weighted by Crippen LogP contribution is 2.44. The normalized spacial score (nSPS) is 28.2. The Morgan fingerprint density at radius 2 is 1.91 bits per heavy atom. The molecular weight excluding hydrogens is 136 g/mol. The third kappa shape index (κ3) is 1.03. The molecule has 2 aliphatic carbocycles. The average Bonchev–Trinajstić information content (AvgIpc) is 2.46. The number of hydrogen-bond acceptors (Lipinski definition) is 1. The Bertz CT molecular complexity index is 197. The van der Waals surface area contributed by atoms with Crippen LogP contribution >= 0.6 is 0 Å². The first-order valence-electron chi connectivity index (χ1n) is 4.55. The van der Waals surface area contributed by atoms with Gasteiger partial charge in [-0.25, -0.2) is 0 Å². The number of ketones is 1. The number of carbonyl (C=O) groups is 1. The van der Waals surface area contributed by atoms with Crippen molar-refractivity contribution in [2.24, 2.45) is 5.41 Å². The van der Waals surface area contributed by atoms with E-state index in [1.54, 1.807) is 6.08 Å². The van der Waals surface area contributed by atoms with Crippen LogP contribution in [0, 0.1) is 5.41 Å². The molecule has 0 atom stereocenters. The van der Waals surface area contributed by atoms with E-state index in [4.69, 9.17) is 0 Å². The Balaban J connectivity index is 2.23. The molecule has 0 N–H and O–H groups in total. The summed E-state index contributed by atoms with van der Waals surface area (Å²) in [5.41, 5.74) is 0.106. The fraction of sp³-hybridized carbons (Fsp3) is 0.700. The van der Waals surface area contributed by atoms with E-state index in [-0.39, 0.29) is 5.41 Å². The van der Waals surface area contributed by atoms with Crippen LogP contribution in [0.15, 0.2) is 12.2 Å². The molecule has 0 saturated heterocycles. The van der Waals surface area contributed by atoms with Crippen LogP contribution in [0.25, 0.3) is 0 Å². The van der Waals surface area contributed by atoms with Gasteiger partial charge < -0.3 is 0 Å². The average molecular weight is 150 g/mol. The summed E-state index contributed by atoms with van der Waals surface area (Å²) in [5.74, 6) is 0.404. The molecule has 11 heavy (non-hydrogen) atoms. The maximum absolute atomic E-state index is 11.5. The van der Waals surface area contributed by atoms with Crippen LogP contribution in [0.3, 0.4) is 0 Å². The van der Waals surface area contributed by atoms with Crippen LogP contribution < -0.4 is 0 Å². The molecule has 1 spiro atoms. The Labute approximate surface area is 67.5 Å². The SMILES string of the molecule is O=C1C=CCCC12CCCC2. The van der Waals surface area contributed by atoms with Gasteiger partial charge in [-0.05, 0) is 31.8 Å². The monoisotopic (exact) mass is 150 g/mol. The van der Waals surface area contributed by atoms with Gasteiger partial charge in [0.15, 0.2) is 5.78 Å². The van der Waals surface area contributed by atoms with Crippen molar-refractivity contribution in [2.45, 2.75) is 38.5 Å². The Kier molecular flexibility index (Phi) is 1.59. The fourth-order valence-electron chi connectivity index (χ4n) is 2.40. The van der Waals surface area contributed by atoms with Crippen molar-refractivity contribution in [1.82, 2.24) is 0 Å². The molecule has 0 amide bonds. The summed E-state index contributed by atoms with van der Waals surface area (Å²) in [6.45, 7) is 0. The molecule has 1 nitrogen and oxygen atoms in total. The molecule has 0 aromatic rings. The van der Waals surface area contributed by atoms with Crippen molar-refractivity contribution in [3.05, 3.63) is 12.2 Å². The van der Waals surface area contributed by atoms with Gasteiger partial charge in [-0.15, -0.1) is 0 Å². The smallest absolute Gasteiger partial charge is 0.161 e. The predicted octanol–water partition coefficient (Wildman–Crippen LogP) is 2.47. The lowest BCUT2D eigenvalue weighted by Crippen LogP contribution is -2.28. The Hall–Kier alpha value is -0.590. The molecule has 0 bridgehead atoms. The highest BCUT2D eigenvalue weighted by molar-refractivity contribution is 5.95. The maximum atomic E-state index is 11.5. The number of allylic oxidation sites excluding steroid dienone is 2. The topological polar surface area (TPSA) is 17.1 Å². The van der Waals surface area contributed by atoms with Crippen LogP contribution in [0.2, 0.25) is 0 Å². The van der Waals surface area contributed by atoms with E-state index in [9.17, 15) is 4.79 Å². The zero-order valence-electron chi connectivity index (χ0n) is 6.81. The lowest BCUT2D eigenvalue weighted by atomic mass is 9.75. The molecular formula is C10H14O. The number of carbonyl (C=O) groups excluding carboxylic acids is 1. The molecule has 1 heteroatoms. The van der Waals surface area contributed by atoms with Gasteiger partial charge in [0.1, 0.15) is 0 Å². The Morgan fingerprint density at radius 3 is 2.55 bits per heavy atom. The van der Waals surface area contributed by atoms with Crippen molar-refractivity contribution in [2.75, 3.05) is 0 Å². The van der Waals surface area contributed by atoms with E-state index in [1.165, 1.54) is 12.8 Å². The second-order valence-corrected chi connectivity index (χ2v) is 3.79. The summed E-state index contributed by atoms with van der Waals surface area (Å²) < 4.78 is 0. The maximum Gasteiger partial charge on any atom is 0.161 e. The largest absolute Gasteiger partial charge is 0.294 e. The van der Waals surface area contributed by atoms with Crippen molar-refractivity contribution in [1.29, 1.82) is 0 Å². The second-order valence-electron chi connectivity index (χ2n) is 3.79. The highest BCUT2D eigenvalue weighted by Gasteiger charge is 2.39. The standard InChI is InChI=1S/C10H14O/c11-9-5-1-2-6-10(9)7-3-4-8-10/h1,5H,2-4,6-8H2. The minimum Gasteiger partial charge on any atom is -0.294 e. The molecule has 0 heterocycles. The van der Waals surface area contributed by atoms with Gasteiger partial charge in [0, 0.05) is 5.41 Å². The molecule has 0 unspecified atom stereocenters. The van der Waals surface area contributed by atoms with E-state index in [0.29, 0.717) is 5.78 Å². The molecule has 0 aliphatic heterocycles. The van der Waals surface area contributed by atoms with Gasteiger partial charge in [0.25, 0.3) is 0 Å². The summed E-state index contributed by atoms with van der Waals surface area (Å²) >= 11 is 0. The van der Waals surface area contributed by atoms with Gasteiger partial charge in [-0.3, -0.25) is 4.79 Å².